The van der Waals surface area contributed by atoms with Crippen molar-refractivity contribution in [3.05, 3.63) is 113 Å². The number of amidine groups is 1. The van der Waals surface area contributed by atoms with Gasteiger partial charge in [0.15, 0.2) is 0 Å². The average Bonchev–Trinajstić information content (AvgIpc) is 3.15. The number of hydrogen-bond acceptors (Lipinski definition) is 3. The number of nitrogens with zero attached hydrogens (tertiary/aromatic N) is 2. The van der Waals surface area contributed by atoms with Crippen LogP contribution in [0.25, 0.3) is 16.8 Å². The maximum absolute atomic E-state index is 13.6. The minimum Gasteiger partial charge on any atom is -0.497 e. The number of anilines is 1. The molecule has 1 amide bonds. The van der Waals surface area contributed by atoms with E-state index in [4.69, 9.17) is 9.73 Å². The molecule has 0 bridgehead atoms. The summed E-state index contributed by atoms with van der Waals surface area (Å²) in [7, 11) is 1.63. The third-order valence-corrected chi connectivity index (χ3v) is 5.58. The van der Waals surface area contributed by atoms with E-state index in [1.807, 2.05) is 85.8 Å². The van der Waals surface area contributed by atoms with Gasteiger partial charge in [-0.2, -0.15) is 0 Å². The third-order valence-electron chi connectivity index (χ3n) is 5.58. The zero-order valence-electron chi connectivity index (χ0n) is 17.9. The molecule has 32 heavy (non-hydrogen) atoms. The second kappa shape index (κ2) is 8.16. The Morgan fingerprint density at radius 2 is 1.62 bits per heavy atom. The standard InChI is InChI=1S/C28H22N2O2/c1-19-7-5-11-23(17-19)30-27(21-13-15-24(32-2)16-14-21)29-26(28(30)31)18-22-10-6-9-20-8-3-4-12-25(20)22/h3-18H,1-2H3/b26-18+. The first-order chi connectivity index (χ1) is 15.6. The van der Waals surface area contributed by atoms with Crippen molar-refractivity contribution in [3.63, 3.8) is 0 Å². The van der Waals surface area contributed by atoms with Crippen LogP contribution in [0.4, 0.5) is 5.69 Å². The lowest BCUT2D eigenvalue weighted by Crippen LogP contribution is -2.32. The Morgan fingerprint density at radius 1 is 0.875 bits per heavy atom. The van der Waals surface area contributed by atoms with Crippen molar-refractivity contribution in [2.24, 2.45) is 4.99 Å². The Morgan fingerprint density at radius 3 is 2.41 bits per heavy atom. The van der Waals surface area contributed by atoms with Crippen molar-refractivity contribution in [2.75, 3.05) is 12.0 Å². The molecule has 4 nitrogen and oxygen atoms in total. The second-order valence-electron chi connectivity index (χ2n) is 7.74. The Kier molecular flexibility index (Phi) is 5.04. The van der Waals surface area contributed by atoms with E-state index in [2.05, 4.69) is 18.2 Å². The lowest BCUT2D eigenvalue weighted by Gasteiger charge is -2.19. The Hall–Kier alpha value is -4.18. The lowest BCUT2D eigenvalue weighted by molar-refractivity contribution is -0.113. The highest BCUT2D eigenvalue weighted by atomic mass is 16.5. The fourth-order valence-corrected chi connectivity index (χ4v) is 3.98. The van der Waals surface area contributed by atoms with E-state index in [9.17, 15) is 4.79 Å². The first kappa shape index (κ1) is 19.8. The van der Waals surface area contributed by atoms with Crippen LogP contribution in [0.2, 0.25) is 0 Å². The third kappa shape index (κ3) is 3.56. The van der Waals surface area contributed by atoms with Gasteiger partial charge in [0.05, 0.1) is 12.8 Å². The Labute approximate surface area is 187 Å². The molecule has 0 N–H and O–H groups in total. The number of carbonyl (C=O) groups is 1. The summed E-state index contributed by atoms with van der Waals surface area (Å²) in [4.78, 5) is 20.1. The van der Waals surface area contributed by atoms with Gasteiger partial charge < -0.3 is 4.74 Å². The number of amides is 1. The molecule has 4 aromatic rings. The Bertz CT molecular complexity index is 1380. The van der Waals surface area contributed by atoms with Crippen LogP contribution in [0.15, 0.2) is 102 Å². The average molecular weight is 418 g/mol. The van der Waals surface area contributed by atoms with Crippen LogP contribution >= 0.6 is 0 Å². The molecule has 1 aliphatic rings. The summed E-state index contributed by atoms with van der Waals surface area (Å²) in [6.45, 7) is 2.01. The summed E-state index contributed by atoms with van der Waals surface area (Å²) in [6.07, 6.45) is 1.88. The largest absolute Gasteiger partial charge is 0.497 e. The summed E-state index contributed by atoms with van der Waals surface area (Å²) >= 11 is 0. The number of methoxy groups -OCH3 is 1. The minimum atomic E-state index is -0.144. The van der Waals surface area contributed by atoms with Crippen molar-refractivity contribution in [1.29, 1.82) is 0 Å². The van der Waals surface area contributed by atoms with Crippen molar-refractivity contribution < 1.29 is 9.53 Å². The van der Waals surface area contributed by atoms with E-state index < -0.39 is 0 Å². The molecule has 4 heteroatoms. The number of benzene rings is 4. The van der Waals surface area contributed by atoms with Crippen LogP contribution in [-0.4, -0.2) is 18.9 Å². The van der Waals surface area contributed by atoms with E-state index in [0.717, 1.165) is 38.9 Å². The van der Waals surface area contributed by atoms with Gasteiger partial charge >= 0.3 is 0 Å². The van der Waals surface area contributed by atoms with Gasteiger partial charge in [-0.15, -0.1) is 0 Å². The molecular formula is C28H22N2O2. The zero-order chi connectivity index (χ0) is 22.1. The first-order valence-corrected chi connectivity index (χ1v) is 10.5. The SMILES string of the molecule is COc1ccc(C2=N/C(=C/c3cccc4ccccc34)C(=O)N2c2cccc(C)c2)cc1. The summed E-state index contributed by atoms with van der Waals surface area (Å²) in [5.74, 6) is 1.22. The topological polar surface area (TPSA) is 41.9 Å². The van der Waals surface area contributed by atoms with E-state index in [-0.39, 0.29) is 5.91 Å². The number of rotatable bonds is 4. The molecule has 0 aliphatic carbocycles. The highest BCUT2D eigenvalue weighted by Crippen LogP contribution is 2.30. The van der Waals surface area contributed by atoms with E-state index in [1.54, 1.807) is 12.0 Å². The predicted molar refractivity (Wildman–Crippen MR) is 130 cm³/mol. The van der Waals surface area contributed by atoms with E-state index >= 15 is 0 Å². The fourth-order valence-electron chi connectivity index (χ4n) is 3.98. The van der Waals surface area contributed by atoms with Crippen molar-refractivity contribution in [3.8, 4) is 5.75 Å². The normalized spacial score (nSPS) is 14.8. The number of aryl methyl sites for hydroxylation is 1. The van der Waals surface area contributed by atoms with Gasteiger partial charge in [-0.25, -0.2) is 4.99 Å². The van der Waals surface area contributed by atoms with Crippen molar-refractivity contribution >= 4 is 34.3 Å². The van der Waals surface area contributed by atoms with Gasteiger partial charge in [-0.3, -0.25) is 9.69 Å². The van der Waals surface area contributed by atoms with Gasteiger partial charge in [0.1, 0.15) is 17.3 Å². The molecule has 156 valence electrons. The van der Waals surface area contributed by atoms with Gasteiger partial charge in [-0.1, -0.05) is 54.6 Å². The molecule has 4 aromatic carbocycles. The van der Waals surface area contributed by atoms with Crippen LogP contribution in [0.1, 0.15) is 16.7 Å². The van der Waals surface area contributed by atoms with Gasteiger partial charge in [0.25, 0.3) is 5.91 Å². The van der Waals surface area contributed by atoms with E-state index in [1.165, 1.54) is 0 Å². The molecule has 5 rings (SSSR count). The smallest absolute Gasteiger partial charge is 0.282 e. The van der Waals surface area contributed by atoms with Gasteiger partial charge in [0, 0.05) is 5.56 Å². The van der Waals surface area contributed by atoms with E-state index in [0.29, 0.717) is 11.5 Å². The number of ether oxygens (including phenoxy) is 1. The summed E-state index contributed by atoms with van der Waals surface area (Å²) < 4.78 is 5.29. The molecule has 1 aliphatic heterocycles. The molecule has 0 fully saturated rings. The number of hydrogen-bond donors (Lipinski definition) is 0. The zero-order valence-corrected chi connectivity index (χ0v) is 17.9. The first-order valence-electron chi connectivity index (χ1n) is 10.5. The maximum Gasteiger partial charge on any atom is 0.282 e. The molecule has 0 spiro atoms. The van der Waals surface area contributed by atoms with Crippen LogP contribution < -0.4 is 9.64 Å². The summed E-state index contributed by atoms with van der Waals surface area (Å²) in [5.41, 5.74) is 4.10. The molecule has 0 unspecified atom stereocenters. The van der Waals surface area contributed by atoms with Crippen LogP contribution in [0.3, 0.4) is 0 Å². The molecule has 0 saturated heterocycles. The van der Waals surface area contributed by atoms with Crippen molar-refractivity contribution in [2.45, 2.75) is 6.92 Å². The Balaban J connectivity index is 1.65. The number of carbonyl (C=O) groups excluding carboxylic acids is 1. The fraction of sp³-hybridized carbons (Fsp3) is 0.0714. The molecule has 0 saturated carbocycles. The number of fused-ring (bicyclic) bond motifs is 1. The molecule has 0 radical (unpaired) electrons. The summed E-state index contributed by atoms with van der Waals surface area (Å²) in [6, 6.07) is 29.7. The predicted octanol–water partition coefficient (Wildman–Crippen LogP) is 5.99. The number of aliphatic imine (C=N–C) groups is 1. The lowest BCUT2D eigenvalue weighted by atomic mass is 10.0. The maximum atomic E-state index is 13.6. The van der Waals surface area contributed by atoms with Gasteiger partial charge in [0.2, 0.25) is 0 Å². The highest BCUT2D eigenvalue weighted by Gasteiger charge is 2.32. The van der Waals surface area contributed by atoms with Crippen LogP contribution in [-0.2, 0) is 4.79 Å². The second-order valence-corrected chi connectivity index (χ2v) is 7.74. The van der Waals surface area contributed by atoms with Crippen LogP contribution in [0.5, 0.6) is 5.75 Å². The van der Waals surface area contributed by atoms with Crippen LogP contribution in [0, 0.1) is 6.92 Å². The highest BCUT2D eigenvalue weighted by molar-refractivity contribution is 6.33. The van der Waals surface area contributed by atoms with Crippen molar-refractivity contribution in [1.82, 2.24) is 0 Å². The molecule has 0 atom stereocenters. The summed E-state index contributed by atoms with van der Waals surface area (Å²) in [5, 5.41) is 2.22. The van der Waals surface area contributed by atoms with Gasteiger partial charge in [-0.05, 0) is 71.3 Å². The quantitative estimate of drug-likeness (QED) is 0.382. The molecule has 0 aromatic heterocycles. The molecule has 1 heterocycles. The molecular weight excluding hydrogens is 396 g/mol. The monoisotopic (exact) mass is 418 g/mol. The minimum absolute atomic E-state index is 0.144.